The summed E-state index contributed by atoms with van der Waals surface area (Å²) < 4.78 is 5.15. The molecule has 0 radical (unpaired) electrons. The molecule has 4 heteroatoms. The van der Waals surface area contributed by atoms with Gasteiger partial charge in [0.2, 0.25) is 5.91 Å². The number of benzene rings is 1. The van der Waals surface area contributed by atoms with E-state index in [0.717, 1.165) is 30.1 Å². The van der Waals surface area contributed by atoms with Crippen LogP contribution in [0.2, 0.25) is 0 Å². The molecule has 1 rings (SSSR count). The molecule has 0 aliphatic rings. The molecule has 1 aromatic rings. The standard InChI is InChI=1S/C14H22N2O2/c1-5-16(6-2)10-14(17)15-13-9-12(18-4)8-7-11(13)3/h7-9H,5-6,10H2,1-4H3,(H,15,17). The van der Waals surface area contributed by atoms with Crippen LogP contribution in [0.25, 0.3) is 0 Å². The number of carbonyl (C=O) groups excluding carboxylic acids is 1. The summed E-state index contributed by atoms with van der Waals surface area (Å²) in [7, 11) is 1.62. The number of anilines is 1. The van der Waals surface area contributed by atoms with E-state index in [-0.39, 0.29) is 5.91 Å². The van der Waals surface area contributed by atoms with Gasteiger partial charge in [0.25, 0.3) is 0 Å². The van der Waals surface area contributed by atoms with Gasteiger partial charge >= 0.3 is 0 Å². The maximum atomic E-state index is 11.9. The van der Waals surface area contributed by atoms with E-state index in [4.69, 9.17) is 4.74 Å². The van der Waals surface area contributed by atoms with Crippen LogP contribution < -0.4 is 10.1 Å². The van der Waals surface area contributed by atoms with Crippen LogP contribution >= 0.6 is 0 Å². The molecule has 0 bridgehead atoms. The lowest BCUT2D eigenvalue weighted by molar-refractivity contribution is -0.117. The van der Waals surface area contributed by atoms with Gasteiger partial charge in [-0.1, -0.05) is 19.9 Å². The van der Waals surface area contributed by atoms with Crippen molar-refractivity contribution in [2.75, 3.05) is 32.1 Å². The van der Waals surface area contributed by atoms with E-state index >= 15 is 0 Å². The Kier molecular flexibility index (Phi) is 5.65. The Balaban J connectivity index is 2.69. The second-order valence-electron chi connectivity index (χ2n) is 4.19. The summed E-state index contributed by atoms with van der Waals surface area (Å²) in [4.78, 5) is 14.0. The zero-order valence-electron chi connectivity index (χ0n) is 11.6. The molecular weight excluding hydrogens is 228 g/mol. The van der Waals surface area contributed by atoms with Crippen molar-refractivity contribution >= 4 is 11.6 Å². The quantitative estimate of drug-likeness (QED) is 0.842. The average molecular weight is 250 g/mol. The summed E-state index contributed by atoms with van der Waals surface area (Å²) >= 11 is 0. The number of nitrogens with zero attached hydrogens (tertiary/aromatic N) is 1. The van der Waals surface area contributed by atoms with Crippen LogP contribution in [-0.2, 0) is 4.79 Å². The molecule has 0 saturated carbocycles. The van der Waals surface area contributed by atoms with Crippen LogP contribution in [0.5, 0.6) is 5.75 Å². The highest BCUT2D eigenvalue weighted by atomic mass is 16.5. The van der Waals surface area contributed by atoms with Gasteiger partial charge in [-0.25, -0.2) is 0 Å². The third kappa shape index (κ3) is 4.04. The molecule has 0 saturated heterocycles. The fourth-order valence-corrected chi connectivity index (χ4v) is 1.70. The van der Waals surface area contributed by atoms with Gasteiger partial charge in [0.15, 0.2) is 0 Å². The lowest BCUT2D eigenvalue weighted by Crippen LogP contribution is -2.33. The maximum Gasteiger partial charge on any atom is 0.238 e. The monoisotopic (exact) mass is 250 g/mol. The van der Waals surface area contributed by atoms with Crippen LogP contribution in [0, 0.1) is 6.92 Å². The van der Waals surface area contributed by atoms with Crippen molar-refractivity contribution in [1.29, 1.82) is 0 Å². The summed E-state index contributed by atoms with van der Waals surface area (Å²) in [5, 5.41) is 2.92. The minimum atomic E-state index is 0.00931. The smallest absolute Gasteiger partial charge is 0.238 e. The van der Waals surface area contributed by atoms with E-state index in [1.54, 1.807) is 7.11 Å². The molecule has 18 heavy (non-hydrogen) atoms. The van der Waals surface area contributed by atoms with Gasteiger partial charge in [-0.15, -0.1) is 0 Å². The highest BCUT2D eigenvalue weighted by Gasteiger charge is 2.09. The Morgan fingerprint density at radius 2 is 2.00 bits per heavy atom. The molecule has 1 N–H and O–H groups in total. The highest BCUT2D eigenvalue weighted by molar-refractivity contribution is 5.93. The van der Waals surface area contributed by atoms with Crippen molar-refractivity contribution in [3.63, 3.8) is 0 Å². The minimum Gasteiger partial charge on any atom is -0.497 e. The van der Waals surface area contributed by atoms with Gasteiger partial charge in [0, 0.05) is 11.8 Å². The number of amides is 1. The van der Waals surface area contributed by atoms with Crippen molar-refractivity contribution < 1.29 is 9.53 Å². The third-order valence-electron chi connectivity index (χ3n) is 2.98. The average Bonchev–Trinajstić information content (AvgIpc) is 2.38. The van der Waals surface area contributed by atoms with E-state index in [2.05, 4.69) is 10.2 Å². The first-order valence-electron chi connectivity index (χ1n) is 6.27. The van der Waals surface area contributed by atoms with Crippen molar-refractivity contribution in [2.24, 2.45) is 0 Å². The second kappa shape index (κ2) is 7.01. The molecule has 0 heterocycles. The first-order chi connectivity index (χ1) is 8.60. The molecule has 4 nitrogen and oxygen atoms in total. The maximum absolute atomic E-state index is 11.9. The number of hydrogen-bond acceptors (Lipinski definition) is 3. The summed E-state index contributed by atoms with van der Waals surface area (Å²) in [6.45, 7) is 8.24. The number of likely N-dealkylation sites (N-methyl/N-ethyl adjacent to an activating group) is 1. The van der Waals surface area contributed by atoms with Gasteiger partial charge in [-0.05, 0) is 31.6 Å². The van der Waals surface area contributed by atoms with E-state index in [9.17, 15) is 4.79 Å². The molecule has 0 unspecified atom stereocenters. The van der Waals surface area contributed by atoms with Crippen LogP contribution in [0.15, 0.2) is 18.2 Å². The fraction of sp³-hybridized carbons (Fsp3) is 0.500. The number of carbonyl (C=O) groups is 1. The Morgan fingerprint density at radius 1 is 1.33 bits per heavy atom. The van der Waals surface area contributed by atoms with E-state index in [1.807, 2.05) is 39.0 Å². The van der Waals surface area contributed by atoms with Crippen molar-refractivity contribution in [3.05, 3.63) is 23.8 Å². The number of nitrogens with one attached hydrogen (secondary N) is 1. The van der Waals surface area contributed by atoms with E-state index < -0.39 is 0 Å². The van der Waals surface area contributed by atoms with E-state index in [0.29, 0.717) is 6.54 Å². The highest BCUT2D eigenvalue weighted by Crippen LogP contribution is 2.21. The molecule has 0 atom stereocenters. The Morgan fingerprint density at radius 3 is 2.56 bits per heavy atom. The minimum absolute atomic E-state index is 0.00931. The first kappa shape index (κ1) is 14.5. The predicted octanol–water partition coefficient (Wildman–Crippen LogP) is 2.28. The predicted molar refractivity (Wildman–Crippen MR) is 74.1 cm³/mol. The number of aryl methyl sites for hydroxylation is 1. The topological polar surface area (TPSA) is 41.6 Å². The van der Waals surface area contributed by atoms with Gasteiger partial charge in [0.1, 0.15) is 5.75 Å². The van der Waals surface area contributed by atoms with Gasteiger partial charge < -0.3 is 10.1 Å². The number of ether oxygens (including phenoxy) is 1. The molecule has 0 spiro atoms. The largest absolute Gasteiger partial charge is 0.497 e. The van der Waals surface area contributed by atoms with Crippen LogP contribution in [0.4, 0.5) is 5.69 Å². The number of rotatable bonds is 6. The first-order valence-corrected chi connectivity index (χ1v) is 6.27. The Labute approximate surface area is 109 Å². The van der Waals surface area contributed by atoms with Crippen LogP contribution in [0.1, 0.15) is 19.4 Å². The molecule has 1 aromatic carbocycles. The van der Waals surface area contributed by atoms with Crippen molar-refractivity contribution in [1.82, 2.24) is 4.90 Å². The molecule has 0 aliphatic heterocycles. The fourth-order valence-electron chi connectivity index (χ4n) is 1.70. The van der Waals surface area contributed by atoms with Gasteiger partial charge in [-0.3, -0.25) is 9.69 Å². The second-order valence-corrected chi connectivity index (χ2v) is 4.19. The van der Waals surface area contributed by atoms with Gasteiger partial charge in [0.05, 0.1) is 13.7 Å². The SMILES string of the molecule is CCN(CC)CC(=O)Nc1cc(OC)ccc1C. The zero-order valence-corrected chi connectivity index (χ0v) is 11.6. The number of methoxy groups -OCH3 is 1. The van der Waals surface area contributed by atoms with Crippen LogP contribution in [-0.4, -0.2) is 37.6 Å². The Hall–Kier alpha value is -1.55. The molecule has 0 aromatic heterocycles. The molecule has 0 fully saturated rings. The van der Waals surface area contributed by atoms with Crippen LogP contribution in [0.3, 0.4) is 0 Å². The molecule has 1 amide bonds. The van der Waals surface area contributed by atoms with Gasteiger partial charge in [-0.2, -0.15) is 0 Å². The summed E-state index contributed by atoms with van der Waals surface area (Å²) in [5.74, 6) is 0.758. The molecule has 0 aliphatic carbocycles. The van der Waals surface area contributed by atoms with Crippen molar-refractivity contribution in [2.45, 2.75) is 20.8 Å². The lowest BCUT2D eigenvalue weighted by atomic mass is 10.2. The lowest BCUT2D eigenvalue weighted by Gasteiger charge is -2.18. The molecular formula is C14H22N2O2. The Bertz CT molecular complexity index is 401. The third-order valence-corrected chi connectivity index (χ3v) is 2.98. The number of hydrogen-bond donors (Lipinski definition) is 1. The summed E-state index contributed by atoms with van der Waals surface area (Å²) in [5.41, 5.74) is 1.84. The van der Waals surface area contributed by atoms with E-state index in [1.165, 1.54) is 0 Å². The van der Waals surface area contributed by atoms with Crippen molar-refractivity contribution in [3.8, 4) is 5.75 Å². The molecule has 100 valence electrons. The summed E-state index contributed by atoms with van der Waals surface area (Å²) in [6.07, 6.45) is 0. The summed E-state index contributed by atoms with van der Waals surface area (Å²) in [6, 6.07) is 5.66. The zero-order chi connectivity index (χ0) is 13.5. The normalized spacial score (nSPS) is 10.5.